The molecule has 0 fully saturated rings. The Bertz CT molecular complexity index is 760. The van der Waals surface area contributed by atoms with Crippen molar-refractivity contribution in [2.45, 2.75) is 18.9 Å². The second-order valence-electron chi connectivity index (χ2n) is 5.48. The summed E-state index contributed by atoms with van der Waals surface area (Å²) in [6.07, 6.45) is 3.92. The van der Waals surface area contributed by atoms with Crippen LogP contribution in [-0.2, 0) is 12.0 Å². The van der Waals surface area contributed by atoms with Gasteiger partial charge in [0, 0.05) is 24.2 Å². The van der Waals surface area contributed by atoms with Crippen molar-refractivity contribution in [3.05, 3.63) is 77.9 Å². The molecule has 3 rings (SSSR count). The van der Waals surface area contributed by atoms with Crippen molar-refractivity contribution in [1.82, 2.24) is 4.98 Å². The average Bonchev–Trinajstić information content (AvgIpc) is 2.49. The van der Waals surface area contributed by atoms with Crippen LogP contribution in [0.2, 0.25) is 0 Å². The molecule has 0 saturated heterocycles. The number of pyridine rings is 1. The van der Waals surface area contributed by atoms with Gasteiger partial charge in [0.25, 0.3) is 0 Å². The van der Waals surface area contributed by atoms with Gasteiger partial charge in [-0.3, -0.25) is 4.98 Å². The van der Waals surface area contributed by atoms with Crippen molar-refractivity contribution in [3.63, 3.8) is 0 Å². The summed E-state index contributed by atoms with van der Waals surface area (Å²) in [6.45, 7) is 1.78. The summed E-state index contributed by atoms with van der Waals surface area (Å²) in [7, 11) is 0. The lowest BCUT2D eigenvalue weighted by Gasteiger charge is -2.25. The van der Waals surface area contributed by atoms with Crippen LogP contribution in [0.5, 0.6) is 0 Å². The van der Waals surface area contributed by atoms with E-state index >= 15 is 0 Å². The van der Waals surface area contributed by atoms with Gasteiger partial charge in [-0.1, -0.05) is 30.3 Å². The molecule has 0 saturated carbocycles. The van der Waals surface area contributed by atoms with Gasteiger partial charge in [-0.15, -0.1) is 0 Å². The molecule has 1 atom stereocenters. The maximum atomic E-state index is 13.0. The summed E-state index contributed by atoms with van der Waals surface area (Å²) in [5.74, 6) is -0.271. The van der Waals surface area contributed by atoms with Crippen LogP contribution < -0.4 is 0 Å². The number of benzene rings is 2. The zero-order valence-corrected chi connectivity index (χ0v) is 11.8. The van der Waals surface area contributed by atoms with Crippen LogP contribution in [0, 0.1) is 5.82 Å². The molecule has 21 heavy (non-hydrogen) atoms. The second kappa shape index (κ2) is 5.26. The molecule has 3 heteroatoms. The van der Waals surface area contributed by atoms with E-state index in [2.05, 4.69) is 4.98 Å². The smallest absolute Gasteiger partial charge is 0.123 e. The molecule has 0 bridgehead atoms. The first-order valence-corrected chi connectivity index (χ1v) is 6.86. The van der Waals surface area contributed by atoms with Gasteiger partial charge in [-0.05, 0) is 41.6 Å². The summed E-state index contributed by atoms with van der Waals surface area (Å²) in [4.78, 5) is 4.14. The lowest BCUT2D eigenvalue weighted by atomic mass is 9.86. The maximum Gasteiger partial charge on any atom is 0.123 e. The molecule has 106 valence electrons. The Kier molecular flexibility index (Phi) is 3.43. The molecule has 1 aromatic heterocycles. The highest BCUT2D eigenvalue weighted by atomic mass is 19.1. The second-order valence-corrected chi connectivity index (χ2v) is 5.48. The Morgan fingerprint density at radius 1 is 1.10 bits per heavy atom. The predicted octanol–water partition coefficient (Wildman–Crippen LogP) is 3.82. The Hall–Kier alpha value is -2.26. The lowest BCUT2D eigenvalue weighted by molar-refractivity contribution is 0.0591. The topological polar surface area (TPSA) is 33.1 Å². The largest absolute Gasteiger partial charge is 0.385 e. The predicted molar refractivity (Wildman–Crippen MR) is 81.4 cm³/mol. The summed E-state index contributed by atoms with van der Waals surface area (Å²) < 4.78 is 13.0. The van der Waals surface area contributed by atoms with E-state index in [1.165, 1.54) is 12.1 Å². The van der Waals surface area contributed by atoms with Crippen LogP contribution in [0.1, 0.15) is 18.1 Å². The van der Waals surface area contributed by atoms with Crippen molar-refractivity contribution in [2.24, 2.45) is 0 Å². The SMILES string of the molecule is CC(O)(Cc1ccc(F)cc1)c1cccc2ccncc12. The van der Waals surface area contributed by atoms with Crippen molar-refractivity contribution in [3.8, 4) is 0 Å². The van der Waals surface area contributed by atoms with E-state index in [1.807, 2.05) is 24.3 Å². The van der Waals surface area contributed by atoms with Crippen LogP contribution in [0.25, 0.3) is 10.8 Å². The zero-order valence-electron chi connectivity index (χ0n) is 11.8. The number of aromatic nitrogens is 1. The fourth-order valence-electron chi connectivity index (χ4n) is 2.68. The van der Waals surface area contributed by atoms with Gasteiger partial charge in [0.05, 0.1) is 5.60 Å². The maximum absolute atomic E-state index is 13.0. The molecular formula is C18H16FNO. The molecule has 0 aliphatic rings. The number of rotatable bonds is 3. The quantitative estimate of drug-likeness (QED) is 0.791. The van der Waals surface area contributed by atoms with Crippen LogP contribution in [0.15, 0.2) is 60.9 Å². The fourth-order valence-corrected chi connectivity index (χ4v) is 2.68. The third-order valence-electron chi connectivity index (χ3n) is 3.73. The van der Waals surface area contributed by atoms with Gasteiger partial charge in [0.15, 0.2) is 0 Å². The summed E-state index contributed by atoms with van der Waals surface area (Å²) in [5.41, 5.74) is 0.681. The summed E-state index contributed by atoms with van der Waals surface area (Å²) in [6, 6.07) is 14.0. The van der Waals surface area contributed by atoms with Gasteiger partial charge in [-0.2, -0.15) is 0 Å². The number of aliphatic hydroxyl groups is 1. The third kappa shape index (κ3) is 2.78. The summed E-state index contributed by atoms with van der Waals surface area (Å²) >= 11 is 0. The van der Waals surface area contributed by atoms with E-state index in [-0.39, 0.29) is 5.82 Å². The van der Waals surface area contributed by atoms with Gasteiger partial charge in [0.1, 0.15) is 5.82 Å². The molecule has 0 spiro atoms. The van der Waals surface area contributed by atoms with E-state index < -0.39 is 5.60 Å². The van der Waals surface area contributed by atoms with E-state index in [0.717, 1.165) is 21.9 Å². The molecule has 0 aliphatic carbocycles. The molecular weight excluding hydrogens is 265 g/mol. The molecule has 2 aromatic carbocycles. The van der Waals surface area contributed by atoms with Gasteiger partial charge >= 0.3 is 0 Å². The Morgan fingerprint density at radius 2 is 1.86 bits per heavy atom. The minimum absolute atomic E-state index is 0.271. The highest BCUT2D eigenvalue weighted by Gasteiger charge is 2.25. The van der Waals surface area contributed by atoms with Crippen molar-refractivity contribution in [2.75, 3.05) is 0 Å². The van der Waals surface area contributed by atoms with Gasteiger partial charge in [0.2, 0.25) is 0 Å². The van der Waals surface area contributed by atoms with Gasteiger partial charge in [-0.25, -0.2) is 4.39 Å². The number of hydrogen-bond acceptors (Lipinski definition) is 2. The Balaban J connectivity index is 2.01. The summed E-state index contributed by atoms with van der Waals surface area (Å²) in [5, 5.41) is 12.9. The normalized spacial score (nSPS) is 14.0. The molecule has 1 N–H and O–H groups in total. The van der Waals surface area contributed by atoms with E-state index in [0.29, 0.717) is 6.42 Å². The van der Waals surface area contributed by atoms with Crippen molar-refractivity contribution < 1.29 is 9.50 Å². The first-order chi connectivity index (χ1) is 10.1. The fraction of sp³-hybridized carbons (Fsp3) is 0.167. The van der Waals surface area contributed by atoms with E-state index in [9.17, 15) is 9.50 Å². The zero-order chi connectivity index (χ0) is 14.9. The molecule has 2 nitrogen and oxygen atoms in total. The van der Waals surface area contributed by atoms with Crippen molar-refractivity contribution >= 4 is 10.8 Å². The molecule has 0 amide bonds. The number of halogens is 1. The monoisotopic (exact) mass is 281 g/mol. The molecule has 0 radical (unpaired) electrons. The molecule has 1 heterocycles. The number of fused-ring (bicyclic) bond motifs is 1. The van der Waals surface area contributed by atoms with E-state index in [1.54, 1.807) is 31.5 Å². The Labute approximate surface area is 122 Å². The van der Waals surface area contributed by atoms with Crippen LogP contribution in [0.4, 0.5) is 4.39 Å². The highest BCUT2D eigenvalue weighted by Crippen LogP contribution is 2.31. The molecule has 0 aliphatic heterocycles. The average molecular weight is 281 g/mol. The van der Waals surface area contributed by atoms with Gasteiger partial charge < -0.3 is 5.11 Å². The first-order valence-electron chi connectivity index (χ1n) is 6.86. The minimum atomic E-state index is -1.04. The standard InChI is InChI=1S/C18H16FNO/c1-18(21,11-13-5-7-15(19)8-6-13)17-4-2-3-14-9-10-20-12-16(14)17/h2-10,12,21H,11H2,1H3. The molecule has 1 unspecified atom stereocenters. The van der Waals surface area contributed by atoms with Crippen LogP contribution >= 0.6 is 0 Å². The van der Waals surface area contributed by atoms with Crippen LogP contribution in [0.3, 0.4) is 0 Å². The number of hydrogen-bond donors (Lipinski definition) is 1. The highest BCUT2D eigenvalue weighted by molar-refractivity contribution is 5.85. The lowest BCUT2D eigenvalue weighted by Crippen LogP contribution is -2.24. The van der Waals surface area contributed by atoms with Crippen molar-refractivity contribution in [1.29, 1.82) is 0 Å². The molecule has 3 aromatic rings. The van der Waals surface area contributed by atoms with E-state index in [4.69, 9.17) is 0 Å². The van der Waals surface area contributed by atoms with Crippen LogP contribution in [-0.4, -0.2) is 10.1 Å². The minimum Gasteiger partial charge on any atom is -0.385 e. The Morgan fingerprint density at radius 3 is 2.62 bits per heavy atom. The first kappa shape index (κ1) is 13.7. The number of nitrogens with zero attached hydrogens (tertiary/aromatic N) is 1. The third-order valence-corrected chi connectivity index (χ3v) is 3.73.